The number of carboxylic acids is 1. The van der Waals surface area contributed by atoms with Gasteiger partial charge in [0.05, 0.1) is 0 Å². The Bertz CT molecular complexity index is 401. The molecule has 1 atom stereocenters. The highest BCUT2D eigenvalue weighted by Crippen LogP contribution is 2.24. The van der Waals surface area contributed by atoms with E-state index in [1.165, 1.54) is 0 Å². The van der Waals surface area contributed by atoms with Crippen molar-refractivity contribution >= 4 is 5.97 Å². The molecule has 1 rings (SSSR count). The average Bonchev–Trinajstić information content (AvgIpc) is 2.25. The first kappa shape index (κ1) is 12.3. The highest BCUT2D eigenvalue weighted by Gasteiger charge is 2.18. The smallest absolute Gasteiger partial charge is 0.325 e. The van der Waals surface area contributed by atoms with Crippen LogP contribution in [-0.4, -0.2) is 17.7 Å². The third kappa shape index (κ3) is 3.10. The van der Waals surface area contributed by atoms with Crippen molar-refractivity contribution in [1.29, 1.82) is 0 Å². The number of para-hydroxylation sites is 1. The summed E-state index contributed by atoms with van der Waals surface area (Å²) in [4.78, 5) is 10.8. The maximum atomic E-state index is 10.8. The maximum absolute atomic E-state index is 10.8. The maximum Gasteiger partial charge on any atom is 0.325 e. The molecular formula is C12H15NO3. The van der Waals surface area contributed by atoms with E-state index in [1.54, 1.807) is 24.3 Å². The van der Waals surface area contributed by atoms with Crippen molar-refractivity contribution in [3.63, 3.8) is 0 Å². The molecule has 86 valence electrons. The molecule has 1 aromatic carbocycles. The molecule has 4 heteroatoms. The summed E-state index contributed by atoms with van der Waals surface area (Å²) in [6.45, 7) is 5.89. The van der Waals surface area contributed by atoms with Crippen LogP contribution in [0.3, 0.4) is 0 Å². The lowest BCUT2D eigenvalue weighted by molar-refractivity contribution is -0.138. The van der Waals surface area contributed by atoms with Gasteiger partial charge in [-0.2, -0.15) is 0 Å². The second kappa shape index (κ2) is 5.32. The van der Waals surface area contributed by atoms with Gasteiger partial charge in [-0.1, -0.05) is 24.8 Å². The van der Waals surface area contributed by atoms with Gasteiger partial charge in [0.1, 0.15) is 18.4 Å². The van der Waals surface area contributed by atoms with E-state index in [9.17, 15) is 4.79 Å². The van der Waals surface area contributed by atoms with E-state index in [0.29, 0.717) is 17.9 Å². The van der Waals surface area contributed by atoms with Crippen LogP contribution in [0.4, 0.5) is 0 Å². The van der Waals surface area contributed by atoms with Crippen molar-refractivity contribution in [1.82, 2.24) is 0 Å². The van der Waals surface area contributed by atoms with E-state index in [1.807, 2.05) is 6.92 Å². The molecule has 3 N–H and O–H groups in total. The predicted molar refractivity (Wildman–Crippen MR) is 61.3 cm³/mol. The zero-order chi connectivity index (χ0) is 12.1. The molecule has 0 radical (unpaired) electrons. The topological polar surface area (TPSA) is 72.5 Å². The van der Waals surface area contributed by atoms with Gasteiger partial charge >= 0.3 is 5.97 Å². The molecule has 0 unspecified atom stereocenters. The molecule has 0 spiro atoms. The monoisotopic (exact) mass is 221 g/mol. The molecule has 0 bridgehead atoms. The Morgan fingerprint density at radius 1 is 1.56 bits per heavy atom. The third-order valence-electron chi connectivity index (χ3n) is 1.99. The van der Waals surface area contributed by atoms with Crippen molar-refractivity contribution < 1.29 is 14.6 Å². The fraction of sp³-hybridized carbons (Fsp3) is 0.250. The fourth-order valence-electron chi connectivity index (χ4n) is 1.20. The van der Waals surface area contributed by atoms with Gasteiger partial charge in [0.25, 0.3) is 0 Å². The number of carboxylic acid groups (broad SMARTS) is 1. The van der Waals surface area contributed by atoms with Crippen LogP contribution in [0.15, 0.2) is 36.4 Å². The first-order chi connectivity index (χ1) is 7.52. The van der Waals surface area contributed by atoms with Gasteiger partial charge in [-0.05, 0) is 18.6 Å². The first-order valence-corrected chi connectivity index (χ1v) is 4.87. The molecule has 0 aliphatic rings. The van der Waals surface area contributed by atoms with Gasteiger partial charge in [-0.15, -0.1) is 0 Å². The van der Waals surface area contributed by atoms with E-state index in [0.717, 1.165) is 5.57 Å². The van der Waals surface area contributed by atoms with Crippen molar-refractivity contribution in [2.45, 2.75) is 13.0 Å². The van der Waals surface area contributed by atoms with Gasteiger partial charge in [-0.25, -0.2) is 0 Å². The normalized spacial score (nSPS) is 11.9. The summed E-state index contributed by atoms with van der Waals surface area (Å²) in [6, 6.07) is 5.77. The Morgan fingerprint density at radius 3 is 2.75 bits per heavy atom. The van der Waals surface area contributed by atoms with Crippen LogP contribution >= 0.6 is 0 Å². The lowest BCUT2D eigenvalue weighted by atomic mass is 10.1. The first-order valence-electron chi connectivity index (χ1n) is 4.87. The van der Waals surface area contributed by atoms with Crippen LogP contribution in [0.5, 0.6) is 5.75 Å². The van der Waals surface area contributed by atoms with Gasteiger partial charge < -0.3 is 15.6 Å². The van der Waals surface area contributed by atoms with E-state index in [2.05, 4.69) is 6.58 Å². The van der Waals surface area contributed by atoms with Crippen LogP contribution in [0.1, 0.15) is 18.5 Å². The van der Waals surface area contributed by atoms with Gasteiger partial charge in [0, 0.05) is 5.56 Å². The van der Waals surface area contributed by atoms with E-state index in [-0.39, 0.29) is 0 Å². The molecule has 1 aromatic rings. The number of hydrogen-bond donors (Lipinski definition) is 2. The predicted octanol–water partition coefficient (Wildman–Crippen LogP) is 1.73. The number of aliphatic carboxylic acids is 1. The number of hydrogen-bond acceptors (Lipinski definition) is 3. The quantitative estimate of drug-likeness (QED) is 0.742. The SMILES string of the molecule is C=C(C)COc1ccccc1[C@H](N)C(=O)O. The summed E-state index contributed by atoms with van der Waals surface area (Å²) in [7, 11) is 0. The zero-order valence-electron chi connectivity index (χ0n) is 9.14. The van der Waals surface area contributed by atoms with Gasteiger partial charge in [-0.3, -0.25) is 4.79 Å². The number of rotatable bonds is 5. The van der Waals surface area contributed by atoms with Crippen molar-refractivity contribution in [3.8, 4) is 5.75 Å². The Kier molecular flexibility index (Phi) is 4.08. The Morgan fingerprint density at radius 2 is 2.19 bits per heavy atom. The molecule has 0 saturated heterocycles. The number of carbonyl (C=O) groups is 1. The zero-order valence-corrected chi connectivity index (χ0v) is 9.14. The van der Waals surface area contributed by atoms with Crippen LogP contribution in [0, 0.1) is 0 Å². The summed E-state index contributed by atoms with van der Waals surface area (Å²) >= 11 is 0. The molecule has 0 heterocycles. The lowest BCUT2D eigenvalue weighted by Crippen LogP contribution is -2.21. The summed E-state index contributed by atoms with van der Waals surface area (Å²) in [5.41, 5.74) is 6.87. The minimum absolute atomic E-state index is 0.351. The molecule has 16 heavy (non-hydrogen) atoms. The van der Waals surface area contributed by atoms with Gasteiger partial charge in [0.2, 0.25) is 0 Å². The van der Waals surface area contributed by atoms with Crippen LogP contribution < -0.4 is 10.5 Å². The van der Waals surface area contributed by atoms with Crippen LogP contribution in [-0.2, 0) is 4.79 Å². The second-order valence-corrected chi connectivity index (χ2v) is 3.60. The molecule has 0 fully saturated rings. The molecule has 4 nitrogen and oxygen atoms in total. The average molecular weight is 221 g/mol. The van der Waals surface area contributed by atoms with Crippen LogP contribution in [0.25, 0.3) is 0 Å². The number of nitrogens with two attached hydrogens (primary N) is 1. The second-order valence-electron chi connectivity index (χ2n) is 3.60. The largest absolute Gasteiger partial charge is 0.489 e. The van der Waals surface area contributed by atoms with Gasteiger partial charge in [0.15, 0.2) is 0 Å². The Balaban J connectivity index is 2.91. The number of ether oxygens (including phenoxy) is 1. The van der Waals surface area contributed by atoms with E-state index >= 15 is 0 Å². The minimum Gasteiger partial charge on any atom is -0.489 e. The van der Waals surface area contributed by atoms with Crippen LogP contribution in [0.2, 0.25) is 0 Å². The molecule has 0 aromatic heterocycles. The van der Waals surface area contributed by atoms with E-state index in [4.69, 9.17) is 15.6 Å². The highest BCUT2D eigenvalue weighted by atomic mass is 16.5. The van der Waals surface area contributed by atoms with Crippen molar-refractivity contribution in [3.05, 3.63) is 42.0 Å². The Hall–Kier alpha value is -1.81. The minimum atomic E-state index is -1.08. The lowest BCUT2D eigenvalue weighted by Gasteiger charge is -2.13. The molecular weight excluding hydrogens is 206 g/mol. The fourth-order valence-corrected chi connectivity index (χ4v) is 1.20. The molecule has 0 aliphatic heterocycles. The number of benzene rings is 1. The Labute approximate surface area is 94.3 Å². The summed E-state index contributed by atoms with van der Waals surface area (Å²) in [5.74, 6) is -0.591. The third-order valence-corrected chi connectivity index (χ3v) is 1.99. The molecule has 0 amide bonds. The summed E-state index contributed by atoms with van der Waals surface area (Å²) in [6.07, 6.45) is 0. The van der Waals surface area contributed by atoms with Crippen molar-refractivity contribution in [2.24, 2.45) is 5.73 Å². The summed E-state index contributed by atoms with van der Waals surface area (Å²) in [5, 5.41) is 8.84. The highest BCUT2D eigenvalue weighted by molar-refractivity contribution is 5.76. The standard InChI is InChI=1S/C12H15NO3/c1-8(2)7-16-10-6-4-3-5-9(10)11(13)12(14)15/h3-6,11H,1,7,13H2,2H3,(H,14,15)/t11-/m0/s1. The van der Waals surface area contributed by atoms with Crippen molar-refractivity contribution in [2.75, 3.05) is 6.61 Å². The molecule has 0 aliphatic carbocycles. The molecule has 0 saturated carbocycles. The summed E-state index contributed by atoms with van der Waals surface area (Å²) < 4.78 is 5.43. The van der Waals surface area contributed by atoms with E-state index < -0.39 is 12.0 Å².